The molecule has 0 spiro atoms. The van der Waals surface area contributed by atoms with Crippen molar-refractivity contribution in [1.29, 1.82) is 0 Å². The van der Waals surface area contributed by atoms with Gasteiger partial charge in [0.1, 0.15) is 5.75 Å². The van der Waals surface area contributed by atoms with Crippen molar-refractivity contribution in [3.63, 3.8) is 0 Å². The van der Waals surface area contributed by atoms with Crippen molar-refractivity contribution in [2.24, 2.45) is 0 Å². The van der Waals surface area contributed by atoms with Gasteiger partial charge in [0.2, 0.25) is 0 Å². The molecule has 0 aliphatic rings. The minimum atomic E-state index is -0.983. The summed E-state index contributed by atoms with van der Waals surface area (Å²) in [5, 5.41) is 21.3. The first-order valence-corrected chi connectivity index (χ1v) is 8.26. The van der Waals surface area contributed by atoms with E-state index in [-0.39, 0.29) is 5.56 Å². The molecule has 0 fully saturated rings. The van der Waals surface area contributed by atoms with E-state index in [2.05, 4.69) is 6.58 Å². The van der Waals surface area contributed by atoms with Crippen LogP contribution in [0.15, 0.2) is 67.3 Å². The molecule has 1 unspecified atom stereocenters. The van der Waals surface area contributed by atoms with Gasteiger partial charge in [-0.1, -0.05) is 42.5 Å². The van der Waals surface area contributed by atoms with Gasteiger partial charge in [-0.3, -0.25) is 0 Å². The number of carboxylic acids is 1. The number of benzene rings is 3. The van der Waals surface area contributed by atoms with Crippen LogP contribution in [0.1, 0.15) is 33.2 Å². The standard InChI is InChI=1S/C22H20O4/c1-3-20(23)16-8-7-14-5-4-6-15(19(14)12-16)11-17-9-10-18(22(24)25)13-21(17)26-2/h3-10,12-13,20,23H,1,11H2,2H3,(H,24,25). The SMILES string of the molecule is C=CC(O)c1ccc2cccc(Cc3ccc(C(=O)O)cc3OC)c2c1. The molecule has 3 aromatic carbocycles. The summed E-state index contributed by atoms with van der Waals surface area (Å²) in [6.45, 7) is 3.64. The maximum Gasteiger partial charge on any atom is 0.335 e. The van der Waals surface area contributed by atoms with Gasteiger partial charge in [0.05, 0.1) is 18.8 Å². The minimum absolute atomic E-state index is 0.194. The van der Waals surface area contributed by atoms with E-state index in [0.29, 0.717) is 12.2 Å². The molecule has 1 atom stereocenters. The zero-order valence-electron chi connectivity index (χ0n) is 14.5. The molecular weight excluding hydrogens is 328 g/mol. The lowest BCUT2D eigenvalue weighted by Crippen LogP contribution is -2.00. The zero-order valence-corrected chi connectivity index (χ0v) is 14.5. The molecule has 0 bridgehead atoms. The lowest BCUT2D eigenvalue weighted by molar-refractivity contribution is 0.0696. The van der Waals surface area contributed by atoms with Gasteiger partial charge in [-0.2, -0.15) is 0 Å². The van der Waals surface area contributed by atoms with Crippen LogP contribution < -0.4 is 4.74 Å². The van der Waals surface area contributed by atoms with Crippen LogP contribution >= 0.6 is 0 Å². The van der Waals surface area contributed by atoms with Crippen molar-refractivity contribution in [1.82, 2.24) is 0 Å². The smallest absolute Gasteiger partial charge is 0.335 e. The molecule has 132 valence electrons. The fraction of sp³-hybridized carbons (Fsp3) is 0.136. The average molecular weight is 348 g/mol. The third kappa shape index (κ3) is 3.46. The highest BCUT2D eigenvalue weighted by molar-refractivity contribution is 5.89. The fourth-order valence-electron chi connectivity index (χ4n) is 3.06. The normalized spacial score (nSPS) is 11.9. The molecule has 4 nitrogen and oxygen atoms in total. The minimum Gasteiger partial charge on any atom is -0.496 e. The fourth-order valence-corrected chi connectivity index (χ4v) is 3.06. The van der Waals surface area contributed by atoms with Crippen LogP contribution in [0.3, 0.4) is 0 Å². The Bertz CT molecular complexity index is 975. The third-order valence-corrected chi connectivity index (χ3v) is 4.48. The highest BCUT2D eigenvalue weighted by Gasteiger charge is 2.12. The van der Waals surface area contributed by atoms with Crippen LogP contribution in [0, 0.1) is 0 Å². The average Bonchev–Trinajstić information content (AvgIpc) is 2.67. The summed E-state index contributed by atoms with van der Waals surface area (Å²) in [6, 6.07) is 16.8. The topological polar surface area (TPSA) is 66.8 Å². The molecule has 0 radical (unpaired) electrons. The van der Waals surface area contributed by atoms with Gasteiger partial charge in [0, 0.05) is 6.42 Å². The predicted molar refractivity (Wildman–Crippen MR) is 102 cm³/mol. The van der Waals surface area contributed by atoms with E-state index in [1.54, 1.807) is 12.1 Å². The van der Waals surface area contributed by atoms with Crippen molar-refractivity contribution in [3.8, 4) is 5.75 Å². The third-order valence-electron chi connectivity index (χ3n) is 4.48. The first-order valence-electron chi connectivity index (χ1n) is 8.26. The summed E-state index contributed by atoms with van der Waals surface area (Å²) in [5.41, 5.74) is 2.95. The van der Waals surface area contributed by atoms with Gasteiger partial charge in [-0.05, 0) is 45.7 Å². The molecule has 0 aliphatic heterocycles. The lowest BCUT2D eigenvalue weighted by atomic mass is 9.95. The Hall–Kier alpha value is -3.11. The Balaban J connectivity index is 2.06. The van der Waals surface area contributed by atoms with Gasteiger partial charge >= 0.3 is 5.97 Å². The highest BCUT2D eigenvalue weighted by Crippen LogP contribution is 2.29. The molecule has 4 heteroatoms. The van der Waals surface area contributed by atoms with Crippen molar-refractivity contribution in [2.75, 3.05) is 7.11 Å². The number of ether oxygens (including phenoxy) is 1. The molecule has 0 aliphatic carbocycles. The number of rotatable bonds is 6. The quantitative estimate of drug-likeness (QED) is 0.650. The van der Waals surface area contributed by atoms with Crippen LogP contribution in [0.2, 0.25) is 0 Å². The van der Waals surface area contributed by atoms with Crippen molar-refractivity contribution < 1.29 is 19.7 Å². The number of carbonyl (C=O) groups is 1. The lowest BCUT2D eigenvalue weighted by Gasteiger charge is -2.13. The molecule has 26 heavy (non-hydrogen) atoms. The Kier molecular flexibility index (Phi) is 5.05. The van der Waals surface area contributed by atoms with Crippen LogP contribution in [-0.2, 0) is 6.42 Å². The van der Waals surface area contributed by atoms with Gasteiger partial charge in [0.15, 0.2) is 0 Å². The van der Waals surface area contributed by atoms with E-state index in [1.165, 1.54) is 19.3 Å². The largest absolute Gasteiger partial charge is 0.496 e. The van der Waals surface area contributed by atoms with Gasteiger partial charge in [-0.25, -0.2) is 4.79 Å². The molecule has 2 N–H and O–H groups in total. The number of methoxy groups -OCH3 is 1. The van der Waals surface area contributed by atoms with Crippen molar-refractivity contribution in [3.05, 3.63) is 89.5 Å². The summed E-state index contributed by atoms with van der Waals surface area (Å²) in [6.07, 6.45) is 1.38. The van der Waals surface area contributed by atoms with Gasteiger partial charge in [-0.15, -0.1) is 6.58 Å². The van der Waals surface area contributed by atoms with E-state index in [9.17, 15) is 9.90 Å². The van der Waals surface area contributed by atoms with Gasteiger partial charge in [0.25, 0.3) is 0 Å². The Morgan fingerprint density at radius 1 is 1.15 bits per heavy atom. The molecule has 0 aromatic heterocycles. The highest BCUT2D eigenvalue weighted by atomic mass is 16.5. The second-order valence-corrected chi connectivity index (χ2v) is 6.09. The maximum atomic E-state index is 11.2. The number of carboxylic acid groups (broad SMARTS) is 1. The number of aliphatic hydroxyl groups excluding tert-OH is 1. The Labute approximate surface area is 152 Å². The molecule has 0 heterocycles. The van der Waals surface area contributed by atoms with E-state index < -0.39 is 12.1 Å². The molecular formula is C22H20O4. The van der Waals surface area contributed by atoms with E-state index in [1.807, 2.05) is 36.4 Å². The molecule has 0 saturated heterocycles. The first kappa shape index (κ1) is 17.7. The molecule has 3 rings (SSSR count). The summed E-state index contributed by atoms with van der Waals surface area (Å²) in [5.74, 6) is -0.438. The maximum absolute atomic E-state index is 11.2. The van der Waals surface area contributed by atoms with E-state index >= 15 is 0 Å². The zero-order chi connectivity index (χ0) is 18.7. The molecule has 0 saturated carbocycles. The molecule has 0 amide bonds. The van der Waals surface area contributed by atoms with Crippen LogP contribution in [0.4, 0.5) is 0 Å². The Morgan fingerprint density at radius 2 is 1.96 bits per heavy atom. The summed E-state index contributed by atoms with van der Waals surface area (Å²) in [7, 11) is 1.53. The monoisotopic (exact) mass is 348 g/mol. The number of hydrogen-bond donors (Lipinski definition) is 2. The Morgan fingerprint density at radius 3 is 2.65 bits per heavy atom. The van der Waals surface area contributed by atoms with Crippen LogP contribution in [0.25, 0.3) is 10.8 Å². The summed E-state index contributed by atoms with van der Waals surface area (Å²) >= 11 is 0. The summed E-state index contributed by atoms with van der Waals surface area (Å²) in [4.78, 5) is 11.2. The summed E-state index contributed by atoms with van der Waals surface area (Å²) < 4.78 is 5.38. The first-order chi connectivity index (χ1) is 12.5. The number of fused-ring (bicyclic) bond motifs is 1. The number of aromatic carboxylic acids is 1. The number of hydrogen-bond acceptors (Lipinski definition) is 3. The van der Waals surface area contributed by atoms with Crippen molar-refractivity contribution in [2.45, 2.75) is 12.5 Å². The second kappa shape index (κ2) is 7.42. The van der Waals surface area contributed by atoms with Crippen molar-refractivity contribution >= 4 is 16.7 Å². The second-order valence-electron chi connectivity index (χ2n) is 6.09. The van der Waals surface area contributed by atoms with Crippen LogP contribution in [-0.4, -0.2) is 23.3 Å². The van der Waals surface area contributed by atoms with E-state index in [4.69, 9.17) is 9.84 Å². The van der Waals surface area contributed by atoms with Crippen LogP contribution in [0.5, 0.6) is 5.75 Å². The number of aliphatic hydroxyl groups is 1. The predicted octanol–water partition coefficient (Wildman–Crippen LogP) is 4.36. The molecule has 3 aromatic rings. The van der Waals surface area contributed by atoms with E-state index in [0.717, 1.165) is 27.5 Å². The van der Waals surface area contributed by atoms with Gasteiger partial charge < -0.3 is 14.9 Å².